The zero-order chi connectivity index (χ0) is 12.2. The number of nitrogens with zero attached hydrogens (tertiary/aromatic N) is 3. The molecule has 6 heteroatoms. The highest BCUT2D eigenvalue weighted by atomic mass is 35.5. The van der Waals surface area contributed by atoms with E-state index in [1.165, 1.54) is 10.7 Å². The fourth-order valence-corrected chi connectivity index (χ4v) is 2.58. The molecular weight excluding hydrogens is 243 g/mol. The van der Waals surface area contributed by atoms with E-state index in [0.29, 0.717) is 11.2 Å². The van der Waals surface area contributed by atoms with Crippen LogP contribution in [0.15, 0.2) is 6.20 Å². The van der Waals surface area contributed by atoms with E-state index in [9.17, 15) is 4.39 Å². The summed E-state index contributed by atoms with van der Waals surface area (Å²) in [7, 11) is 0. The summed E-state index contributed by atoms with van der Waals surface area (Å²) < 4.78 is 15.7. The van der Waals surface area contributed by atoms with Gasteiger partial charge in [0.05, 0.1) is 11.9 Å². The molecule has 1 saturated carbocycles. The van der Waals surface area contributed by atoms with Gasteiger partial charge in [-0.3, -0.25) is 0 Å². The first kappa shape index (κ1) is 10.8. The molecule has 0 saturated heterocycles. The molecule has 1 fully saturated rings. The van der Waals surface area contributed by atoms with Gasteiger partial charge < -0.3 is 5.73 Å². The summed E-state index contributed by atoms with van der Waals surface area (Å²) >= 11 is 5.97. The SMILES string of the molecule is CCC1(c2c(F)c(Cl)c3cnc(N)nn23)CC1. The molecule has 0 bridgehead atoms. The third kappa shape index (κ3) is 1.35. The summed E-state index contributed by atoms with van der Waals surface area (Å²) in [6.45, 7) is 2.05. The van der Waals surface area contributed by atoms with Crippen LogP contribution in [0, 0.1) is 5.82 Å². The van der Waals surface area contributed by atoms with Gasteiger partial charge in [-0.2, -0.15) is 0 Å². The van der Waals surface area contributed by atoms with E-state index >= 15 is 0 Å². The van der Waals surface area contributed by atoms with Crippen LogP contribution < -0.4 is 5.73 Å². The zero-order valence-electron chi connectivity index (χ0n) is 9.37. The van der Waals surface area contributed by atoms with Crippen molar-refractivity contribution in [3.05, 3.63) is 22.7 Å². The normalized spacial score (nSPS) is 17.6. The maximum Gasteiger partial charge on any atom is 0.238 e. The van der Waals surface area contributed by atoms with Gasteiger partial charge in [0.25, 0.3) is 0 Å². The van der Waals surface area contributed by atoms with Crippen LogP contribution in [-0.2, 0) is 5.41 Å². The Morgan fingerprint density at radius 3 is 2.88 bits per heavy atom. The van der Waals surface area contributed by atoms with Gasteiger partial charge in [-0.15, -0.1) is 5.10 Å². The molecule has 2 heterocycles. The van der Waals surface area contributed by atoms with E-state index in [-0.39, 0.29) is 22.2 Å². The number of hydrogen-bond donors (Lipinski definition) is 1. The molecule has 0 unspecified atom stereocenters. The van der Waals surface area contributed by atoms with Gasteiger partial charge in [-0.05, 0) is 19.3 Å². The van der Waals surface area contributed by atoms with Gasteiger partial charge in [-0.25, -0.2) is 13.9 Å². The first-order valence-corrected chi connectivity index (χ1v) is 5.95. The first-order valence-electron chi connectivity index (χ1n) is 5.58. The molecule has 0 aliphatic heterocycles. The quantitative estimate of drug-likeness (QED) is 0.896. The van der Waals surface area contributed by atoms with Crippen molar-refractivity contribution < 1.29 is 4.39 Å². The summed E-state index contributed by atoms with van der Waals surface area (Å²) in [5.74, 6) is -0.261. The largest absolute Gasteiger partial charge is 0.367 e. The van der Waals surface area contributed by atoms with Crippen molar-refractivity contribution in [1.29, 1.82) is 0 Å². The van der Waals surface area contributed by atoms with Gasteiger partial charge in [0.2, 0.25) is 5.95 Å². The van der Waals surface area contributed by atoms with Crippen LogP contribution in [0.2, 0.25) is 5.02 Å². The molecule has 2 aromatic rings. The maximum atomic E-state index is 14.2. The van der Waals surface area contributed by atoms with E-state index in [2.05, 4.69) is 10.1 Å². The molecule has 0 atom stereocenters. The van der Waals surface area contributed by atoms with Crippen LogP contribution in [0.4, 0.5) is 10.3 Å². The Kier molecular flexibility index (Phi) is 2.10. The van der Waals surface area contributed by atoms with Gasteiger partial charge in [0.1, 0.15) is 10.5 Å². The smallest absolute Gasteiger partial charge is 0.238 e. The molecular formula is C11H12ClFN4. The predicted octanol–water partition coefficient (Wildman–Crippen LogP) is 2.55. The predicted molar refractivity (Wildman–Crippen MR) is 63.6 cm³/mol. The Balaban J connectivity index is 2.37. The van der Waals surface area contributed by atoms with E-state index < -0.39 is 0 Å². The summed E-state index contributed by atoms with van der Waals surface area (Å²) in [6, 6.07) is 0. The summed E-state index contributed by atoms with van der Waals surface area (Å²) in [5.41, 5.74) is 6.45. The highest BCUT2D eigenvalue weighted by Crippen LogP contribution is 2.53. The van der Waals surface area contributed by atoms with E-state index in [1.807, 2.05) is 6.92 Å². The Hall–Kier alpha value is -1.36. The molecule has 4 nitrogen and oxygen atoms in total. The van der Waals surface area contributed by atoms with Gasteiger partial charge >= 0.3 is 0 Å². The zero-order valence-corrected chi connectivity index (χ0v) is 10.1. The van der Waals surface area contributed by atoms with E-state index in [4.69, 9.17) is 17.3 Å². The minimum atomic E-state index is -0.383. The highest BCUT2D eigenvalue weighted by Gasteiger charge is 2.47. The van der Waals surface area contributed by atoms with E-state index in [1.54, 1.807) is 0 Å². The lowest BCUT2D eigenvalue weighted by molar-refractivity contribution is 0.537. The monoisotopic (exact) mass is 254 g/mol. The van der Waals surface area contributed by atoms with Crippen molar-refractivity contribution in [2.45, 2.75) is 31.6 Å². The molecule has 1 aliphatic carbocycles. The fourth-order valence-electron chi connectivity index (χ4n) is 2.36. The number of rotatable bonds is 2. The van der Waals surface area contributed by atoms with Crippen molar-refractivity contribution in [3.63, 3.8) is 0 Å². The first-order chi connectivity index (χ1) is 8.09. The minimum absolute atomic E-state index is 0.0831. The summed E-state index contributed by atoms with van der Waals surface area (Å²) in [4.78, 5) is 3.85. The van der Waals surface area contributed by atoms with Gasteiger partial charge in [0, 0.05) is 5.41 Å². The molecule has 1 aliphatic rings. The van der Waals surface area contributed by atoms with Crippen LogP contribution in [0.5, 0.6) is 0 Å². The molecule has 0 amide bonds. The van der Waals surface area contributed by atoms with E-state index in [0.717, 1.165) is 19.3 Å². The molecule has 2 N–H and O–H groups in total. The standard InChI is InChI=1S/C11H12ClFN4/c1-2-11(3-4-11)9-8(13)7(12)6-5-15-10(14)16-17(6)9/h5H,2-4H2,1H3,(H2,14,16). The van der Waals surface area contributed by atoms with Crippen molar-refractivity contribution >= 4 is 23.1 Å². The highest BCUT2D eigenvalue weighted by molar-refractivity contribution is 6.34. The molecule has 0 radical (unpaired) electrons. The number of nitrogens with two attached hydrogens (primary N) is 1. The molecule has 2 aromatic heterocycles. The maximum absolute atomic E-state index is 14.2. The topological polar surface area (TPSA) is 56.2 Å². The Bertz CT molecular complexity index is 603. The fraction of sp³-hybridized carbons (Fsp3) is 0.455. The molecule has 17 heavy (non-hydrogen) atoms. The molecule has 90 valence electrons. The minimum Gasteiger partial charge on any atom is -0.367 e. The number of fused-ring (bicyclic) bond motifs is 1. The number of aromatic nitrogens is 3. The lowest BCUT2D eigenvalue weighted by atomic mass is 9.99. The molecule has 0 aromatic carbocycles. The van der Waals surface area contributed by atoms with Crippen LogP contribution in [0.3, 0.4) is 0 Å². The van der Waals surface area contributed by atoms with Gasteiger partial charge in [0.15, 0.2) is 5.82 Å². The third-order valence-electron chi connectivity index (χ3n) is 3.62. The number of hydrogen-bond acceptors (Lipinski definition) is 3. The Labute approximate surface area is 103 Å². The third-order valence-corrected chi connectivity index (χ3v) is 3.98. The molecule has 0 spiro atoms. The molecule has 3 rings (SSSR count). The van der Waals surface area contributed by atoms with Gasteiger partial charge in [-0.1, -0.05) is 18.5 Å². The van der Waals surface area contributed by atoms with Crippen LogP contribution in [0.25, 0.3) is 5.52 Å². The average molecular weight is 255 g/mol. The second-order valence-electron chi connectivity index (χ2n) is 4.52. The lowest BCUT2D eigenvalue weighted by Crippen LogP contribution is -2.13. The second kappa shape index (κ2) is 3.32. The Morgan fingerprint density at radius 2 is 2.29 bits per heavy atom. The Morgan fingerprint density at radius 1 is 1.59 bits per heavy atom. The lowest BCUT2D eigenvalue weighted by Gasteiger charge is -2.12. The van der Waals surface area contributed by atoms with Crippen molar-refractivity contribution in [3.8, 4) is 0 Å². The van der Waals surface area contributed by atoms with Crippen LogP contribution in [-0.4, -0.2) is 14.6 Å². The second-order valence-corrected chi connectivity index (χ2v) is 4.90. The number of halogens is 2. The van der Waals surface area contributed by atoms with Crippen molar-refractivity contribution in [1.82, 2.24) is 14.6 Å². The average Bonchev–Trinajstić information content (AvgIpc) is 3.05. The summed E-state index contributed by atoms with van der Waals surface area (Å²) in [6.07, 6.45) is 4.26. The van der Waals surface area contributed by atoms with Crippen LogP contribution >= 0.6 is 11.6 Å². The number of anilines is 1. The van der Waals surface area contributed by atoms with Crippen LogP contribution in [0.1, 0.15) is 31.9 Å². The van der Waals surface area contributed by atoms with Crippen molar-refractivity contribution in [2.24, 2.45) is 0 Å². The number of nitrogen functional groups attached to an aromatic ring is 1. The summed E-state index contributed by atoms with van der Waals surface area (Å²) in [5, 5.41) is 4.15. The van der Waals surface area contributed by atoms with Crippen molar-refractivity contribution in [2.75, 3.05) is 5.73 Å².